The first kappa shape index (κ1) is 16.8. The summed E-state index contributed by atoms with van der Waals surface area (Å²) in [6, 6.07) is 21.3. The highest BCUT2D eigenvalue weighted by Crippen LogP contribution is 2.43. The van der Waals surface area contributed by atoms with E-state index in [0.717, 1.165) is 0 Å². The molecule has 0 saturated carbocycles. The van der Waals surface area contributed by atoms with E-state index >= 15 is 0 Å². The molecular formula is C20H14O4S2. The third kappa shape index (κ3) is 2.50. The van der Waals surface area contributed by atoms with Gasteiger partial charge in [-0.15, -0.1) is 0 Å². The standard InChI is InChI=1S/C20H14O4S2/c21-25(22)18-12-6-4-10-16(18)17-11-5-7-13-19(17)26(23,24)20(25)14-15-8-2-1-3-9-15/h1-14H. The SMILES string of the molecule is O=S1(=O)C(=Cc2ccccc2)S(=O)(=O)c2ccccc2-c2ccccc21. The lowest BCUT2D eigenvalue weighted by molar-refractivity contribution is 0.597. The van der Waals surface area contributed by atoms with Gasteiger partial charge in [0, 0.05) is 11.1 Å². The lowest BCUT2D eigenvalue weighted by Gasteiger charge is -2.08. The first-order valence-corrected chi connectivity index (χ1v) is 10.8. The maximum absolute atomic E-state index is 13.3. The molecule has 0 aliphatic carbocycles. The maximum Gasteiger partial charge on any atom is 0.218 e. The van der Waals surface area contributed by atoms with E-state index in [1.807, 2.05) is 0 Å². The van der Waals surface area contributed by atoms with Crippen molar-refractivity contribution in [3.05, 3.63) is 88.7 Å². The number of hydrogen-bond acceptors (Lipinski definition) is 4. The molecule has 6 heteroatoms. The van der Waals surface area contributed by atoms with Crippen molar-refractivity contribution < 1.29 is 16.8 Å². The molecule has 0 unspecified atom stereocenters. The third-order valence-corrected chi connectivity index (χ3v) is 8.74. The highest BCUT2D eigenvalue weighted by molar-refractivity contribution is 8.14. The van der Waals surface area contributed by atoms with Crippen LogP contribution in [0.3, 0.4) is 0 Å². The molecule has 0 spiro atoms. The van der Waals surface area contributed by atoms with Gasteiger partial charge in [-0.2, -0.15) is 0 Å². The number of benzene rings is 3. The Morgan fingerprint density at radius 2 is 0.962 bits per heavy atom. The Hall–Kier alpha value is -2.70. The quantitative estimate of drug-likeness (QED) is 0.640. The van der Waals surface area contributed by atoms with E-state index in [2.05, 4.69) is 0 Å². The molecule has 4 rings (SSSR count). The molecule has 0 atom stereocenters. The van der Waals surface area contributed by atoms with Crippen molar-refractivity contribution in [3.8, 4) is 11.1 Å². The van der Waals surface area contributed by atoms with Gasteiger partial charge in [0.05, 0.1) is 9.79 Å². The minimum Gasteiger partial charge on any atom is -0.218 e. The lowest BCUT2D eigenvalue weighted by Crippen LogP contribution is -2.13. The Morgan fingerprint density at radius 3 is 1.46 bits per heavy atom. The molecule has 0 amide bonds. The van der Waals surface area contributed by atoms with Gasteiger partial charge in [-0.3, -0.25) is 0 Å². The fourth-order valence-electron chi connectivity index (χ4n) is 3.05. The molecule has 3 aromatic carbocycles. The van der Waals surface area contributed by atoms with Crippen LogP contribution in [0.2, 0.25) is 0 Å². The number of hydrogen-bond donors (Lipinski definition) is 0. The van der Waals surface area contributed by atoms with Gasteiger partial charge in [-0.1, -0.05) is 66.7 Å². The van der Waals surface area contributed by atoms with Crippen molar-refractivity contribution in [1.29, 1.82) is 0 Å². The Morgan fingerprint density at radius 1 is 0.538 bits per heavy atom. The van der Waals surface area contributed by atoms with Gasteiger partial charge in [0.1, 0.15) is 0 Å². The zero-order valence-electron chi connectivity index (χ0n) is 13.5. The van der Waals surface area contributed by atoms with Crippen molar-refractivity contribution >= 4 is 25.8 Å². The number of sulfone groups is 2. The maximum atomic E-state index is 13.3. The van der Waals surface area contributed by atoms with Gasteiger partial charge in [0.2, 0.25) is 19.7 Å². The predicted octanol–water partition coefficient (Wildman–Crippen LogP) is 3.91. The Bertz CT molecular complexity index is 1160. The average molecular weight is 382 g/mol. The number of rotatable bonds is 1. The highest BCUT2D eigenvalue weighted by Gasteiger charge is 2.39. The van der Waals surface area contributed by atoms with Gasteiger partial charge in [0.25, 0.3) is 0 Å². The van der Waals surface area contributed by atoms with Crippen molar-refractivity contribution in [1.82, 2.24) is 0 Å². The smallest absolute Gasteiger partial charge is 0.218 e. The largest absolute Gasteiger partial charge is 0.218 e. The third-order valence-electron chi connectivity index (χ3n) is 4.26. The molecule has 0 N–H and O–H groups in total. The number of fused-ring (bicyclic) bond motifs is 3. The Labute approximate surface area is 152 Å². The predicted molar refractivity (Wildman–Crippen MR) is 101 cm³/mol. The van der Waals surface area contributed by atoms with E-state index in [1.165, 1.54) is 18.2 Å². The van der Waals surface area contributed by atoms with Crippen LogP contribution in [-0.2, 0) is 19.7 Å². The molecule has 26 heavy (non-hydrogen) atoms. The summed E-state index contributed by atoms with van der Waals surface area (Å²) in [5.41, 5.74) is 1.29. The van der Waals surface area contributed by atoms with Gasteiger partial charge in [-0.25, -0.2) is 16.8 Å². The van der Waals surface area contributed by atoms with Crippen molar-refractivity contribution in [2.75, 3.05) is 0 Å². The fourth-order valence-corrected chi connectivity index (χ4v) is 7.21. The molecule has 0 bridgehead atoms. The van der Waals surface area contributed by atoms with Crippen LogP contribution >= 0.6 is 0 Å². The van der Waals surface area contributed by atoms with E-state index in [9.17, 15) is 16.8 Å². The van der Waals surface area contributed by atoms with Gasteiger partial charge in [0.15, 0.2) is 4.24 Å². The minimum atomic E-state index is -4.22. The summed E-state index contributed by atoms with van der Waals surface area (Å²) in [4.78, 5) is -0.00795. The lowest BCUT2D eigenvalue weighted by atomic mass is 10.1. The molecule has 0 aromatic heterocycles. The second-order valence-corrected chi connectivity index (χ2v) is 9.90. The van der Waals surface area contributed by atoms with Crippen LogP contribution in [0.4, 0.5) is 0 Å². The average Bonchev–Trinajstić information content (AvgIpc) is 2.71. The van der Waals surface area contributed by atoms with Crippen LogP contribution in [-0.4, -0.2) is 16.8 Å². The second kappa shape index (κ2) is 5.93. The zero-order valence-corrected chi connectivity index (χ0v) is 15.2. The Balaban J connectivity index is 2.17. The van der Waals surface area contributed by atoms with Crippen LogP contribution in [0.1, 0.15) is 5.56 Å². The molecule has 0 saturated heterocycles. The van der Waals surface area contributed by atoms with Gasteiger partial charge in [-0.05, 0) is 23.8 Å². The summed E-state index contributed by atoms with van der Waals surface area (Å²) in [5.74, 6) is 0. The summed E-state index contributed by atoms with van der Waals surface area (Å²) in [6.45, 7) is 0. The summed E-state index contributed by atoms with van der Waals surface area (Å²) < 4.78 is 52.5. The van der Waals surface area contributed by atoms with Crippen LogP contribution in [0.5, 0.6) is 0 Å². The molecule has 3 aromatic rings. The monoisotopic (exact) mass is 382 g/mol. The fraction of sp³-hybridized carbons (Fsp3) is 0. The highest BCUT2D eigenvalue weighted by atomic mass is 32.3. The van der Waals surface area contributed by atoms with Gasteiger partial charge < -0.3 is 0 Å². The molecule has 0 fully saturated rings. The summed E-state index contributed by atoms with van der Waals surface area (Å²) in [7, 11) is -8.44. The minimum absolute atomic E-state index is 0.00398. The summed E-state index contributed by atoms with van der Waals surface area (Å²) in [6.07, 6.45) is 1.23. The van der Waals surface area contributed by atoms with Crippen LogP contribution in [0, 0.1) is 0 Å². The molecule has 1 aliphatic rings. The summed E-state index contributed by atoms with van der Waals surface area (Å²) >= 11 is 0. The normalized spacial score (nSPS) is 16.8. The first-order chi connectivity index (χ1) is 12.4. The molecule has 130 valence electrons. The molecular weight excluding hydrogens is 368 g/mol. The molecule has 4 nitrogen and oxygen atoms in total. The van der Waals surface area contributed by atoms with E-state index < -0.39 is 23.9 Å². The van der Waals surface area contributed by atoms with E-state index in [-0.39, 0.29) is 9.79 Å². The second-order valence-electron chi connectivity index (χ2n) is 5.87. The van der Waals surface area contributed by atoms with E-state index in [0.29, 0.717) is 16.7 Å². The summed E-state index contributed by atoms with van der Waals surface area (Å²) in [5, 5.41) is 0. The molecule has 0 radical (unpaired) electrons. The zero-order chi connectivity index (χ0) is 18.4. The van der Waals surface area contributed by atoms with Crippen molar-refractivity contribution in [2.45, 2.75) is 9.79 Å². The van der Waals surface area contributed by atoms with Crippen molar-refractivity contribution in [2.24, 2.45) is 0 Å². The van der Waals surface area contributed by atoms with Crippen molar-refractivity contribution in [3.63, 3.8) is 0 Å². The van der Waals surface area contributed by atoms with E-state index in [1.54, 1.807) is 66.7 Å². The van der Waals surface area contributed by atoms with Crippen LogP contribution in [0.15, 0.2) is 92.9 Å². The van der Waals surface area contributed by atoms with E-state index in [4.69, 9.17) is 0 Å². The van der Waals surface area contributed by atoms with Crippen LogP contribution < -0.4 is 0 Å². The first-order valence-electron chi connectivity index (χ1n) is 7.88. The van der Waals surface area contributed by atoms with Crippen LogP contribution in [0.25, 0.3) is 17.2 Å². The Kier molecular flexibility index (Phi) is 3.82. The molecule has 1 heterocycles. The van der Waals surface area contributed by atoms with Gasteiger partial charge >= 0.3 is 0 Å². The topological polar surface area (TPSA) is 68.3 Å². The molecule has 1 aliphatic heterocycles.